The van der Waals surface area contributed by atoms with Gasteiger partial charge in [0.15, 0.2) is 0 Å². The number of ether oxygens (including phenoxy) is 1. The van der Waals surface area contributed by atoms with Gasteiger partial charge in [0, 0.05) is 13.1 Å². The van der Waals surface area contributed by atoms with Gasteiger partial charge in [0.1, 0.15) is 5.60 Å². The van der Waals surface area contributed by atoms with E-state index in [0.717, 1.165) is 4.90 Å². The summed E-state index contributed by atoms with van der Waals surface area (Å²) in [5.41, 5.74) is -0.771. The highest BCUT2D eigenvalue weighted by atomic mass is 19.4. The molecule has 1 aliphatic heterocycles. The minimum absolute atomic E-state index is 0.124. The molecule has 2 atom stereocenters. The molecule has 0 aromatic carbocycles. The molecule has 0 spiro atoms. The number of carbonyl (C=O) groups is 1. The number of halogens is 3. The van der Waals surface area contributed by atoms with Crippen LogP contribution in [0.3, 0.4) is 0 Å². The third-order valence-corrected chi connectivity index (χ3v) is 2.54. The number of likely N-dealkylation sites (tertiary alicyclic amines) is 1. The first-order chi connectivity index (χ1) is 7.99. The fourth-order valence-electron chi connectivity index (χ4n) is 1.79. The van der Waals surface area contributed by atoms with Crippen molar-refractivity contribution in [3.8, 4) is 0 Å². The summed E-state index contributed by atoms with van der Waals surface area (Å²) >= 11 is 0. The summed E-state index contributed by atoms with van der Waals surface area (Å²) in [5.74, 6) is -1.70. The Balaban J connectivity index is 2.69. The number of piperidine rings is 1. The topological polar surface area (TPSA) is 49.8 Å². The predicted molar refractivity (Wildman–Crippen MR) is 58.0 cm³/mol. The Morgan fingerprint density at radius 2 is 1.83 bits per heavy atom. The first kappa shape index (κ1) is 15.1. The highest BCUT2D eigenvalue weighted by Gasteiger charge is 2.45. The van der Waals surface area contributed by atoms with Gasteiger partial charge in [-0.1, -0.05) is 0 Å². The largest absolute Gasteiger partial charge is 0.444 e. The maximum Gasteiger partial charge on any atom is 0.410 e. The normalized spacial score (nSPS) is 26.1. The number of hydrogen-bond acceptors (Lipinski definition) is 3. The first-order valence-corrected chi connectivity index (χ1v) is 5.72. The molecular weight excluding hydrogens is 251 g/mol. The van der Waals surface area contributed by atoms with Crippen molar-refractivity contribution in [1.29, 1.82) is 0 Å². The highest BCUT2D eigenvalue weighted by molar-refractivity contribution is 5.68. The van der Waals surface area contributed by atoms with Gasteiger partial charge in [-0.15, -0.1) is 0 Å². The number of aliphatic hydroxyl groups is 1. The van der Waals surface area contributed by atoms with Crippen LogP contribution in [0.5, 0.6) is 0 Å². The van der Waals surface area contributed by atoms with Gasteiger partial charge in [0.25, 0.3) is 0 Å². The molecule has 0 saturated carbocycles. The van der Waals surface area contributed by atoms with Crippen molar-refractivity contribution in [3.63, 3.8) is 0 Å². The number of rotatable bonds is 0. The molecule has 106 valence electrons. The van der Waals surface area contributed by atoms with E-state index >= 15 is 0 Å². The number of hydrogen-bond donors (Lipinski definition) is 1. The summed E-state index contributed by atoms with van der Waals surface area (Å²) in [5, 5.41) is 9.41. The van der Waals surface area contributed by atoms with Crippen molar-refractivity contribution in [2.45, 2.75) is 45.1 Å². The SMILES string of the molecule is CC(C)(C)OC(=O)N1CC(O)CC(C(F)(F)F)C1. The average Bonchev–Trinajstić information content (AvgIpc) is 2.12. The molecule has 1 N–H and O–H groups in total. The lowest BCUT2D eigenvalue weighted by Crippen LogP contribution is -2.51. The highest BCUT2D eigenvalue weighted by Crippen LogP contribution is 2.33. The zero-order valence-electron chi connectivity index (χ0n) is 10.6. The van der Waals surface area contributed by atoms with E-state index in [1.165, 1.54) is 0 Å². The van der Waals surface area contributed by atoms with Gasteiger partial charge in [-0.2, -0.15) is 13.2 Å². The maximum absolute atomic E-state index is 12.6. The van der Waals surface area contributed by atoms with Gasteiger partial charge in [-0.3, -0.25) is 0 Å². The molecular formula is C11H18F3NO3. The standard InChI is InChI=1S/C11H18F3NO3/c1-10(2,3)18-9(17)15-5-7(11(12,13)14)4-8(16)6-15/h7-8,16H,4-6H2,1-3H3. The lowest BCUT2D eigenvalue weighted by Gasteiger charge is -2.37. The number of alkyl halides is 3. The van der Waals surface area contributed by atoms with Gasteiger partial charge >= 0.3 is 12.3 Å². The Kier molecular flexibility index (Phi) is 4.15. The zero-order chi connectivity index (χ0) is 14.1. The van der Waals surface area contributed by atoms with Crippen LogP contribution in [0.2, 0.25) is 0 Å². The molecule has 0 aromatic rings. The van der Waals surface area contributed by atoms with Crippen LogP contribution >= 0.6 is 0 Å². The first-order valence-electron chi connectivity index (χ1n) is 5.72. The van der Waals surface area contributed by atoms with Crippen LogP contribution in [0.25, 0.3) is 0 Å². The predicted octanol–water partition coefficient (Wildman–Crippen LogP) is 2.17. The molecule has 18 heavy (non-hydrogen) atoms. The summed E-state index contributed by atoms with van der Waals surface area (Å²) in [6.45, 7) is 4.31. The van der Waals surface area contributed by atoms with E-state index in [4.69, 9.17) is 4.74 Å². The monoisotopic (exact) mass is 269 g/mol. The van der Waals surface area contributed by atoms with E-state index in [1.54, 1.807) is 20.8 Å². The van der Waals surface area contributed by atoms with E-state index in [9.17, 15) is 23.1 Å². The van der Waals surface area contributed by atoms with Gasteiger partial charge in [0.2, 0.25) is 0 Å². The molecule has 4 nitrogen and oxygen atoms in total. The van der Waals surface area contributed by atoms with Crippen LogP contribution in [-0.4, -0.2) is 47.1 Å². The molecule has 1 saturated heterocycles. The summed E-state index contributed by atoms with van der Waals surface area (Å²) in [6, 6.07) is 0. The van der Waals surface area contributed by atoms with Crippen LogP contribution in [0.4, 0.5) is 18.0 Å². The molecule has 2 unspecified atom stereocenters. The Labute approximate surface area is 104 Å². The van der Waals surface area contributed by atoms with Gasteiger partial charge < -0.3 is 14.7 Å². The smallest absolute Gasteiger partial charge is 0.410 e. The number of aliphatic hydroxyl groups excluding tert-OH is 1. The molecule has 0 radical (unpaired) electrons. The van der Waals surface area contributed by atoms with Crippen LogP contribution in [0, 0.1) is 5.92 Å². The van der Waals surface area contributed by atoms with Crippen LogP contribution in [0.1, 0.15) is 27.2 Å². The molecule has 1 rings (SSSR count). The van der Waals surface area contributed by atoms with E-state index < -0.39 is 36.4 Å². The Morgan fingerprint density at radius 1 is 1.28 bits per heavy atom. The number of amides is 1. The van der Waals surface area contributed by atoms with Crippen LogP contribution in [0.15, 0.2) is 0 Å². The molecule has 0 aromatic heterocycles. The number of carbonyl (C=O) groups excluding carboxylic acids is 1. The van der Waals surface area contributed by atoms with Crippen molar-refractivity contribution in [3.05, 3.63) is 0 Å². The summed E-state index contributed by atoms with van der Waals surface area (Å²) in [6.07, 6.45) is -6.78. The van der Waals surface area contributed by atoms with Crippen molar-refractivity contribution >= 4 is 6.09 Å². The molecule has 1 heterocycles. The third-order valence-electron chi connectivity index (χ3n) is 2.54. The average molecular weight is 269 g/mol. The quantitative estimate of drug-likeness (QED) is 0.733. The van der Waals surface area contributed by atoms with Gasteiger partial charge in [0.05, 0.1) is 12.0 Å². The molecule has 1 aliphatic rings. The van der Waals surface area contributed by atoms with Crippen molar-refractivity contribution < 1.29 is 27.8 Å². The molecule has 0 bridgehead atoms. The van der Waals surface area contributed by atoms with Crippen LogP contribution < -0.4 is 0 Å². The second-order valence-electron chi connectivity index (χ2n) is 5.51. The minimum Gasteiger partial charge on any atom is -0.444 e. The fraction of sp³-hybridized carbons (Fsp3) is 0.909. The summed E-state index contributed by atoms with van der Waals surface area (Å²) in [4.78, 5) is 12.6. The van der Waals surface area contributed by atoms with E-state index in [-0.39, 0.29) is 13.0 Å². The van der Waals surface area contributed by atoms with Crippen LogP contribution in [-0.2, 0) is 4.74 Å². The van der Waals surface area contributed by atoms with E-state index in [2.05, 4.69) is 0 Å². The fourth-order valence-corrected chi connectivity index (χ4v) is 1.79. The Morgan fingerprint density at radius 3 is 2.28 bits per heavy atom. The Bertz CT molecular complexity index is 312. The second kappa shape index (κ2) is 4.95. The molecule has 7 heteroatoms. The summed E-state index contributed by atoms with van der Waals surface area (Å²) < 4.78 is 42.8. The van der Waals surface area contributed by atoms with E-state index in [0.29, 0.717) is 0 Å². The maximum atomic E-state index is 12.6. The zero-order valence-corrected chi connectivity index (χ0v) is 10.6. The molecule has 1 amide bonds. The Hall–Kier alpha value is -0.980. The van der Waals surface area contributed by atoms with Gasteiger partial charge in [-0.05, 0) is 27.2 Å². The third kappa shape index (κ3) is 4.36. The van der Waals surface area contributed by atoms with E-state index in [1.807, 2.05) is 0 Å². The summed E-state index contributed by atoms with van der Waals surface area (Å²) in [7, 11) is 0. The number of nitrogens with zero attached hydrogens (tertiary/aromatic N) is 1. The lowest BCUT2D eigenvalue weighted by atomic mass is 9.96. The molecule has 0 aliphatic carbocycles. The second-order valence-corrected chi connectivity index (χ2v) is 5.51. The molecule has 1 fully saturated rings. The van der Waals surface area contributed by atoms with Crippen molar-refractivity contribution in [2.75, 3.05) is 13.1 Å². The van der Waals surface area contributed by atoms with Gasteiger partial charge in [-0.25, -0.2) is 4.79 Å². The van der Waals surface area contributed by atoms with Crippen molar-refractivity contribution in [1.82, 2.24) is 4.90 Å². The minimum atomic E-state index is -4.42. The van der Waals surface area contributed by atoms with Crippen molar-refractivity contribution in [2.24, 2.45) is 5.92 Å². The lowest BCUT2D eigenvalue weighted by molar-refractivity contribution is -0.194. The number of β-amino-alcohol motifs (C(OH)–C–C–N with tert-alkyl or cyclic N) is 1.